The molecule has 0 rings (SSSR count). The number of hydrogen-bond acceptors (Lipinski definition) is 6. The van der Waals surface area contributed by atoms with Crippen LogP contribution in [0.2, 0.25) is 0 Å². The third-order valence-electron chi connectivity index (χ3n) is 2.98. The Balaban J connectivity index is 5.36. The molecule has 0 radical (unpaired) electrons. The Kier molecular flexibility index (Phi) is 7.22. The molecule has 0 saturated heterocycles. The molecular weight excluding hydrogens is 352 g/mol. The molecule has 0 aliphatic heterocycles. The number of carboxylic acids is 2. The van der Waals surface area contributed by atoms with E-state index in [0.29, 0.717) is 11.8 Å². The van der Waals surface area contributed by atoms with Gasteiger partial charge in [-0.25, -0.2) is 9.59 Å². The second-order valence-corrected chi connectivity index (χ2v) is 6.87. The highest BCUT2D eigenvalue weighted by molar-refractivity contribution is 7.98. The van der Waals surface area contributed by atoms with Crippen LogP contribution in [-0.2, 0) is 19.1 Å². The Hall–Kier alpha value is -1.97. The zero-order chi connectivity index (χ0) is 22.3. The normalized spacial score (nSPS) is 15.8. The summed E-state index contributed by atoms with van der Waals surface area (Å²) in [5.41, 5.74) is -0.865. The number of nitrogens with zero attached hydrogens (tertiary/aromatic N) is 1. The van der Waals surface area contributed by atoms with Crippen LogP contribution in [0.1, 0.15) is 37.7 Å². The lowest BCUT2D eigenvalue weighted by Gasteiger charge is -2.29. The van der Waals surface area contributed by atoms with E-state index < -0.39 is 60.0 Å². The molecule has 0 heterocycles. The van der Waals surface area contributed by atoms with Gasteiger partial charge < -0.3 is 25.2 Å². The standard InChI is InChI=1S/C15H26N2O7S/c1-15(2,3)24-14(23)16-9(6-7-11(18)19)12(20)17(4)10(8-25-5)13(21)22/h9-10H,6-8H2,1-5H3,(H,16,23)(H,18,19)(H,21,22)/t9-,10-/m0/s1/i5D3. The number of rotatable bonds is 9. The molecule has 144 valence electrons. The minimum Gasteiger partial charge on any atom is -0.481 e. The molecule has 0 aromatic carbocycles. The maximum Gasteiger partial charge on any atom is 0.408 e. The minimum absolute atomic E-state index is 0.295. The molecule has 0 aliphatic carbocycles. The average molecular weight is 381 g/mol. The van der Waals surface area contributed by atoms with Crippen LogP contribution >= 0.6 is 11.8 Å². The Morgan fingerprint density at radius 1 is 1.28 bits per heavy atom. The molecule has 0 unspecified atom stereocenters. The average Bonchev–Trinajstić information content (AvgIpc) is 2.47. The van der Waals surface area contributed by atoms with Crippen LogP contribution in [0.25, 0.3) is 0 Å². The van der Waals surface area contributed by atoms with E-state index in [4.69, 9.17) is 14.0 Å². The Bertz CT molecular complexity index is 593. The summed E-state index contributed by atoms with van der Waals surface area (Å²) in [7, 11) is 1.14. The smallest absolute Gasteiger partial charge is 0.408 e. The summed E-state index contributed by atoms with van der Waals surface area (Å²) in [5, 5.41) is 20.4. The highest BCUT2D eigenvalue weighted by Crippen LogP contribution is 2.12. The second kappa shape index (κ2) is 10.1. The van der Waals surface area contributed by atoms with Crippen LogP contribution in [0.3, 0.4) is 0 Å². The van der Waals surface area contributed by atoms with Gasteiger partial charge in [0.2, 0.25) is 5.91 Å². The van der Waals surface area contributed by atoms with E-state index >= 15 is 0 Å². The van der Waals surface area contributed by atoms with Gasteiger partial charge in [0, 0.05) is 23.3 Å². The summed E-state index contributed by atoms with van der Waals surface area (Å²) >= 11 is 0.387. The highest BCUT2D eigenvalue weighted by atomic mass is 32.2. The summed E-state index contributed by atoms with van der Waals surface area (Å²) in [6, 6.07) is -2.83. The predicted molar refractivity (Wildman–Crippen MR) is 92.6 cm³/mol. The fourth-order valence-electron chi connectivity index (χ4n) is 1.80. The van der Waals surface area contributed by atoms with E-state index in [2.05, 4.69) is 5.32 Å². The maximum absolute atomic E-state index is 12.7. The molecule has 0 aromatic rings. The largest absolute Gasteiger partial charge is 0.481 e. The number of carbonyl (C=O) groups is 4. The summed E-state index contributed by atoms with van der Waals surface area (Å²) in [6.45, 7) is 4.79. The van der Waals surface area contributed by atoms with Crippen molar-refractivity contribution in [1.29, 1.82) is 0 Å². The van der Waals surface area contributed by atoms with E-state index in [0.717, 1.165) is 11.9 Å². The van der Waals surface area contributed by atoms with Gasteiger partial charge in [-0.3, -0.25) is 9.59 Å². The van der Waals surface area contributed by atoms with Gasteiger partial charge in [-0.15, -0.1) is 0 Å². The molecule has 0 bridgehead atoms. The zero-order valence-electron chi connectivity index (χ0n) is 17.6. The molecular formula is C15H26N2O7S. The zero-order valence-corrected chi connectivity index (χ0v) is 15.4. The number of carboxylic acid groups (broad SMARTS) is 2. The number of ether oxygens (including phenoxy) is 1. The monoisotopic (exact) mass is 381 g/mol. The van der Waals surface area contributed by atoms with Crippen molar-refractivity contribution in [1.82, 2.24) is 10.2 Å². The first-order valence-electron chi connectivity index (χ1n) is 8.88. The van der Waals surface area contributed by atoms with Crippen LogP contribution in [0.4, 0.5) is 4.79 Å². The van der Waals surface area contributed by atoms with Crippen molar-refractivity contribution in [2.45, 2.75) is 51.3 Å². The quantitative estimate of drug-likeness (QED) is 0.539. The molecule has 10 heteroatoms. The second-order valence-electron chi connectivity index (χ2n) is 6.25. The molecule has 2 amide bonds. The summed E-state index contributed by atoms with van der Waals surface area (Å²) in [6.07, 6.45) is -4.17. The van der Waals surface area contributed by atoms with Gasteiger partial charge >= 0.3 is 18.0 Å². The van der Waals surface area contributed by atoms with Gasteiger partial charge in [-0.2, -0.15) is 11.8 Å². The number of nitrogens with one attached hydrogen (secondary N) is 1. The molecule has 25 heavy (non-hydrogen) atoms. The van der Waals surface area contributed by atoms with E-state index in [1.165, 1.54) is 0 Å². The van der Waals surface area contributed by atoms with E-state index in [1.807, 2.05) is 0 Å². The van der Waals surface area contributed by atoms with Gasteiger partial charge in [-0.05, 0) is 33.4 Å². The van der Waals surface area contributed by atoms with Crippen LogP contribution in [0.15, 0.2) is 0 Å². The van der Waals surface area contributed by atoms with E-state index in [1.54, 1.807) is 20.8 Å². The first kappa shape index (κ1) is 17.8. The SMILES string of the molecule is [2H]C([2H])([2H])SC[C@@H](C(=O)O)N(C)C(=O)[C@H](CCC(=O)O)NC(=O)OC(C)(C)C. The van der Waals surface area contributed by atoms with Gasteiger partial charge in [-0.1, -0.05) is 0 Å². The molecule has 2 atom stereocenters. The fraction of sp³-hybridized carbons (Fsp3) is 0.733. The van der Waals surface area contributed by atoms with Crippen molar-refractivity contribution in [2.75, 3.05) is 19.0 Å². The maximum atomic E-state index is 12.7. The molecule has 0 fully saturated rings. The molecule has 0 aromatic heterocycles. The Labute approximate surface area is 155 Å². The third kappa shape index (κ3) is 9.18. The lowest BCUT2D eigenvalue weighted by Crippen LogP contribution is -2.53. The Morgan fingerprint density at radius 3 is 2.32 bits per heavy atom. The summed E-state index contributed by atoms with van der Waals surface area (Å²) < 4.78 is 26.5. The van der Waals surface area contributed by atoms with Gasteiger partial charge in [0.05, 0.1) is 0 Å². The lowest BCUT2D eigenvalue weighted by atomic mass is 10.1. The number of likely N-dealkylation sites (N-methyl/N-ethyl adjacent to an activating group) is 1. The third-order valence-corrected chi connectivity index (χ3v) is 3.46. The first-order chi connectivity index (χ1) is 12.5. The number of aliphatic carboxylic acids is 2. The number of hydrogen-bond donors (Lipinski definition) is 3. The van der Waals surface area contributed by atoms with Crippen molar-refractivity contribution >= 4 is 35.7 Å². The van der Waals surface area contributed by atoms with E-state index in [9.17, 15) is 24.3 Å². The summed E-state index contributed by atoms with van der Waals surface area (Å²) in [4.78, 5) is 47.7. The number of amides is 2. The van der Waals surface area contributed by atoms with Gasteiger partial charge in [0.25, 0.3) is 0 Å². The number of alkyl carbamates (subject to hydrolysis) is 1. The highest BCUT2D eigenvalue weighted by Gasteiger charge is 2.32. The van der Waals surface area contributed by atoms with Crippen LogP contribution in [0.5, 0.6) is 0 Å². The summed E-state index contributed by atoms with van der Waals surface area (Å²) in [5.74, 6) is -3.92. The van der Waals surface area contributed by atoms with Crippen molar-refractivity contribution < 1.29 is 38.2 Å². The fourth-order valence-corrected chi connectivity index (χ4v) is 2.33. The lowest BCUT2D eigenvalue weighted by molar-refractivity contribution is -0.149. The van der Waals surface area contributed by atoms with E-state index in [-0.39, 0.29) is 6.42 Å². The topological polar surface area (TPSA) is 133 Å². The van der Waals surface area contributed by atoms with Crippen molar-refractivity contribution in [3.8, 4) is 0 Å². The van der Waals surface area contributed by atoms with Gasteiger partial charge in [0.15, 0.2) is 0 Å². The predicted octanol–water partition coefficient (Wildman–Crippen LogP) is 1.02. The van der Waals surface area contributed by atoms with Crippen molar-refractivity contribution in [2.24, 2.45) is 0 Å². The Morgan fingerprint density at radius 2 is 1.88 bits per heavy atom. The van der Waals surface area contributed by atoms with Crippen molar-refractivity contribution in [3.05, 3.63) is 0 Å². The van der Waals surface area contributed by atoms with Gasteiger partial charge in [0.1, 0.15) is 17.7 Å². The minimum atomic E-state index is -2.45. The molecule has 0 spiro atoms. The van der Waals surface area contributed by atoms with Crippen molar-refractivity contribution in [3.63, 3.8) is 0 Å². The van der Waals surface area contributed by atoms with Crippen LogP contribution in [-0.4, -0.2) is 75.7 Å². The molecule has 9 nitrogen and oxygen atoms in total. The number of thioether (sulfide) groups is 1. The molecule has 3 N–H and O–H groups in total. The number of carbonyl (C=O) groups excluding carboxylic acids is 2. The molecule has 0 aliphatic rings. The van der Waals surface area contributed by atoms with Crippen LogP contribution in [0, 0.1) is 0 Å². The first-order valence-corrected chi connectivity index (χ1v) is 8.37. The molecule has 0 saturated carbocycles. The van der Waals surface area contributed by atoms with Crippen LogP contribution < -0.4 is 5.32 Å².